The van der Waals surface area contributed by atoms with E-state index in [2.05, 4.69) is 20.2 Å². The third kappa shape index (κ3) is 4.08. The zero-order chi connectivity index (χ0) is 19.6. The highest BCUT2D eigenvalue weighted by molar-refractivity contribution is 6.34. The molecule has 0 aliphatic carbocycles. The Labute approximate surface area is 161 Å². The van der Waals surface area contributed by atoms with Crippen molar-refractivity contribution in [2.24, 2.45) is 0 Å². The largest absolute Gasteiger partial charge is 0.361 e. The summed E-state index contributed by atoms with van der Waals surface area (Å²) in [7, 11) is 3.65. The number of amides is 1. The van der Waals surface area contributed by atoms with Crippen LogP contribution < -0.4 is 15.1 Å². The molecular weight excluding hydrogens is 372 g/mol. The first-order chi connectivity index (χ1) is 12.9. The van der Waals surface area contributed by atoms with Crippen molar-refractivity contribution in [2.45, 2.75) is 12.8 Å². The number of hydrogen-bond donors (Lipinski definition) is 1. The van der Waals surface area contributed by atoms with Gasteiger partial charge in [-0.25, -0.2) is 4.98 Å². The van der Waals surface area contributed by atoms with Gasteiger partial charge in [-0.15, -0.1) is 0 Å². The fourth-order valence-electron chi connectivity index (χ4n) is 2.85. The lowest BCUT2D eigenvalue weighted by Crippen LogP contribution is -2.24. The quantitative estimate of drug-likeness (QED) is 0.618. The highest BCUT2D eigenvalue weighted by atomic mass is 35.5. The number of anilines is 3. The summed E-state index contributed by atoms with van der Waals surface area (Å²) < 4.78 is 0. The molecule has 1 aromatic carbocycles. The number of carbonyl (C=O) groups is 1. The van der Waals surface area contributed by atoms with Gasteiger partial charge < -0.3 is 15.1 Å². The number of halogens is 1. The molecule has 1 N–H and O–H groups in total. The van der Waals surface area contributed by atoms with Gasteiger partial charge in [0.15, 0.2) is 5.82 Å². The zero-order valence-corrected chi connectivity index (χ0v) is 15.7. The standard InChI is InChI=1S/C17H19ClN6O3/c1-22(2)15-14(10-19-17(21-15)23-7-3-4-8-23)20-16(25)12-6-5-11(24(26)27)9-13(12)18/h5-6,9-10H,3-4,7-8H2,1-2H3,(H,20,25). The molecule has 0 unspecified atom stereocenters. The number of nitro groups is 1. The molecule has 1 aliphatic rings. The second kappa shape index (κ2) is 7.75. The fraction of sp³-hybridized carbons (Fsp3) is 0.353. The maximum absolute atomic E-state index is 12.6. The van der Waals surface area contributed by atoms with E-state index in [9.17, 15) is 14.9 Å². The Balaban J connectivity index is 1.86. The number of benzene rings is 1. The Morgan fingerprint density at radius 1 is 1.33 bits per heavy atom. The van der Waals surface area contributed by atoms with E-state index >= 15 is 0 Å². The van der Waals surface area contributed by atoms with Crippen LogP contribution in [0, 0.1) is 10.1 Å². The van der Waals surface area contributed by atoms with Crippen LogP contribution in [-0.2, 0) is 0 Å². The van der Waals surface area contributed by atoms with Crippen LogP contribution in [0.5, 0.6) is 0 Å². The van der Waals surface area contributed by atoms with Crippen molar-refractivity contribution in [3.8, 4) is 0 Å². The third-order valence-corrected chi connectivity index (χ3v) is 4.54. The number of non-ortho nitro benzene ring substituents is 1. The predicted molar refractivity (Wildman–Crippen MR) is 104 cm³/mol. The molecule has 0 bridgehead atoms. The van der Waals surface area contributed by atoms with Crippen molar-refractivity contribution in [1.29, 1.82) is 0 Å². The molecule has 0 atom stereocenters. The Hall–Kier alpha value is -2.94. The average Bonchev–Trinajstić information content (AvgIpc) is 3.16. The summed E-state index contributed by atoms with van der Waals surface area (Å²) in [5, 5.41) is 13.5. The molecule has 1 amide bonds. The van der Waals surface area contributed by atoms with Gasteiger partial charge in [-0.1, -0.05) is 11.6 Å². The summed E-state index contributed by atoms with van der Waals surface area (Å²) in [5.41, 5.74) is 0.391. The highest BCUT2D eigenvalue weighted by Gasteiger charge is 2.20. The topological polar surface area (TPSA) is 104 Å². The lowest BCUT2D eigenvalue weighted by atomic mass is 10.2. The number of hydrogen-bond acceptors (Lipinski definition) is 7. The van der Waals surface area contributed by atoms with E-state index < -0.39 is 10.8 Å². The first-order valence-corrected chi connectivity index (χ1v) is 8.79. The van der Waals surface area contributed by atoms with E-state index in [0.717, 1.165) is 32.0 Å². The van der Waals surface area contributed by atoms with Gasteiger partial charge in [-0.3, -0.25) is 14.9 Å². The van der Waals surface area contributed by atoms with Crippen LogP contribution in [0.2, 0.25) is 5.02 Å². The number of nitrogens with one attached hydrogen (secondary N) is 1. The molecule has 142 valence electrons. The van der Waals surface area contributed by atoms with Crippen molar-refractivity contribution in [3.05, 3.63) is 45.1 Å². The minimum atomic E-state index is -0.567. The van der Waals surface area contributed by atoms with Gasteiger partial charge >= 0.3 is 0 Å². The number of aromatic nitrogens is 2. The van der Waals surface area contributed by atoms with E-state index in [1.165, 1.54) is 12.1 Å². The Morgan fingerprint density at radius 2 is 2.04 bits per heavy atom. The Kier molecular flexibility index (Phi) is 5.41. The Bertz CT molecular complexity index is 883. The van der Waals surface area contributed by atoms with Gasteiger partial charge in [-0.05, 0) is 18.9 Å². The van der Waals surface area contributed by atoms with Crippen LogP contribution in [0.1, 0.15) is 23.2 Å². The zero-order valence-electron chi connectivity index (χ0n) is 15.0. The normalized spacial score (nSPS) is 13.5. The molecule has 2 heterocycles. The Morgan fingerprint density at radius 3 is 2.63 bits per heavy atom. The summed E-state index contributed by atoms with van der Waals surface area (Å²) in [6.07, 6.45) is 3.78. The van der Waals surface area contributed by atoms with E-state index in [4.69, 9.17) is 11.6 Å². The molecule has 1 aromatic heterocycles. The molecule has 1 saturated heterocycles. The molecule has 2 aromatic rings. The number of nitrogens with zero attached hydrogens (tertiary/aromatic N) is 5. The van der Waals surface area contributed by atoms with Gasteiger partial charge in [0.2, 0.25) is 5.95 Å². The summed E-state index contributed by atoms with van der Waals surface area (Å²) in [6.45, 7) is 1.83. The smallest absolute Gasteiger partial charge is 0.270 e. The minimum absolute atomic E-state index is 0.00251. The average molecular weight is 391 g/mol. The first kappa shape index (κ1) is 18.8. The van der Waals surface area contributed by atoms with Crippen molar-refractivity contribution < 1.29 is 9.72 Å². The molecule has 3 rings (SSSR count). The molecule has 1 fully saturated rings. The molecule has 0 saturated carbocycles. The minimum Gasteiger partial charge on any atom is -0.361 e. The maximum atomic E-state index is 12.6. The van der Waals surface area contributed by atoms with E-state index in [-0.39, 0.29) is 16.3 Å². The second-order valence-corrected chi connectivity index (χ2v) is 6.78. The van der Waals surface area contributed by atoms with Crippen LogP contribution in [0.3, 0.4) is 0 Å². The van der Waals surface area contributed by atoms with E-state index in [0.29, 0.717) is 17.5 Å². The second-order valence-electron chi connectivity index (χ2n) is 6.37. The molecular formula is C17H19ClN6O3. The predicted octanol–water partition coefficient (Wildman–Crippen LogP) is 2.96. The lowest BCUT2D eigenvalue weighted by Gasteiger charge is -2.21. The third-order valence-electron chi connectivity index (χ3n) is 4.22. The fourth-order valence-corrected chi connectivity index (χ4v) is 3.11. The highest BCUT2D eigenvalue weighted by Crippen LogP contribution is 2.27. The summed E-state index contributed by atoms with van der Waals surface area (Å²) in [5.74, 6) is 0.705. The van der Waals surface area contributed by atoms with Gasteiger partial charge in [0.05, 0.1) is 21.7 Å². The molecule has 1 aliphatic heterocycles. The van der Waals surface area contributed by atoms with Crippen molar-refractivity contribution in [2.75, 3.05) is 42.3 Å². The number of rotatable bonds is 5. The SMILES string of the molecule is CN(C)c1nc(N2CCCC2)ncc1NC(=O)c1ccc([N+](=O)[O-])cc1Cl. The summed E-state index contributed by atoms with van der Waals surface area (Å²) in [6, 6.07) is 3.71. The molecule has 0 spiro atoms. The van der Waals surface area contributed by atoms with Crippen LogP contribution in [0.4, 0.5) is 23.1 Å². The summed E-state index contributed by atoms with van der Waals surface area (Å²) in [4.78, 5) is 35.6. The lowest BCUT2D eigenvalue weighted by molar-refractivity contribution is -0.384. The van der Waals surface area contributed by atoms with Crippen LogP contribution >= 0.6 is 11.6 Å². The van der Waals surface area contributed by atoms with Gasteiger partial charge in [0.25, 0.3) is 11.6 Å². The number of carbonyl (C=O) groups excluding carboxylic acids is 1. The number of nitro benzene ring substituents is 1. The summed E-state index contributed by atoms with van der Waals surface area (Å²) >= 11 is 6.03. The molecule has 10 heteroatoms. The van der Waals surface area contributed by atoms with Gasteiger partial charge in [0.1, 0.15) is 5.69 Å². The van der Waals surface area contributed by atoms with Crippen LogP contribution in [0.15, 0.2) is 24.4 Å². The molecule has 27 heavy (non-hydrogen) atoms. The van der Waals surface area contributed by atoms with Gasteiger partial charge in [-0.2, -0.15) is 4.98 Å². The first-order valence-electron chi connectivity index (χ1n) is 8.41. The maximum Gasteiger partial charge on any atom is 0.270 e. The van der Waals surface area contributed by atoms with E-state index in [1.807, 2.05) is 14.1 Å². The van der Waals surface area contributed by atoms with Crippen molar-refractivity contribution in [3.63, 3.8) is 0 Å². The van der Waals surface area contributed by atoms with Crippen LogP contribution in [0.25, 0.3) is 0 Å². The molecule has 0 radical (unpaired) electrons. The van der Waals surface area contributed by atoms with Crippen molar-refractivity contribution in [1.82, 2.24) is 9.97 Å². The van der Waals surface area contributed by atoms with Gasteiger partial charge in [0, 0.05) is 39.3 Å². The monoisotopic (exact) mass is 390 g/mol. The van der Waals surface area contributed by atoms with E-state index in [1.54, 1.807) is 11.1 Å². The van der Waals surface area contributed by atoms with Crippen molar-refractivity contribution >= 4 is 40.6 Å². The van der Waals surface area contributed by atoms with Crippen LogP contribution in [-0.4, -0.2) is 48.0 Å². The molecule has 9 nitrogen and oxygen atoms in total.